The number of benzene rings is 2. The average Bonchev–Trinajstić information content (AvgIpc) is 3.16. The molecule has 6 nitrogen and oxygen atoms in total. The van der Waals surface area contributed by atoms with E-state index >= 15 is 0 Å². The van der Waals surface area contributed by atoms with Crippen molar-refractivity contribution in [2.24, 2.45) is 5.10 Å². The molecule has 152 valence electrons. The zero-order chi connectivity index (χ0) is 20.2. The molecule has 0 aromatic heterocycles. The Labute approximate surface area is 179 Å². The summed E-state index contributed by atoms with van der Waals surface area (Å²) >= 11 is 3.58. The lowest BCUT2D eigenvalue weighted by molar-refractivity contribution is -0.143. The van der Waals surface area contributed by atoms with Crippen molar-refractivity contribution in [3.63, 3.8) is 0 Å². The van der Waals surface area contributed by atoms with Crippen LogP contribution in [0.4, 0.5) is 0 Å². The van der Waals surface area contributed by atoms with Crippen molar-refractivity contribution in [2.45, 2.75) is 31.0 Å². The van der Waals surface area contributed by atoms with Gasteiger partial charge in [0.25, 0.3) is 0 Å². The van der Waals surface area contributed by atoms with Crippen LogP contribution in [0.2, 0.25) is 0 Å². The summed E-state index contributed by atoms with van der Waals surface area (Å²) in [6.07, 6.45) is 3.23. The minimum Gasteiger partial charge on any atom is -0.466 e. The molecule has 3 heterocycles. The van der Waals surface area contributed by atoms with Crippen molar-refractivity contribution >= 4 is 31.7 Å². The molecule has 0 bridgehead atoms. The van der Waals surface area contributed by atoms with Crippen molar-refractivity contribution in [1.82, 2.24) is 9.31 Å². The lowest BCUT2D eigenvalue weighted by Crippen LogP contribution is -2.59. The number of hydrazone groups is 1. The van der Waals surface area contributed by atoms with E-state index in [1.807, 2.05) is 30.3 Å². The minimum atomic E-state index is -3.21. The van der Waals surface area contributed by atoms with Crippen LogP contribution in [-0.4, -0.2) is 48.5 Å². The van der Waals surface area contributed by atoms with Crippen LogP contribution in [0.25, 0.3) is 0 Å². The highest BCUT2D eigenvalue weighted by Crippen LogP contribution is 2.50. The van der Waals surface area contributed by atoms with Gasteiger partial charge in [0.05, 0.1) is 18.0 Å². The van der Waals surface area contributed by atoms with E-state index in [1.165, 1.54) is 10.6 Å². The molecule has 3 aliphatic rings. The summed E-state index contributed by atoms with van der Waals surface area (Å²) in [5.41, 5.74) is 2.65. The lowest BCUT2D eigenvalue weighted by Gasteiger charge is -2.50. The van der Waals surface area contributed by atoms with Gasteiger partial charge in [-0.3, -0.25) is 0 Å². The zero-order valence-electron chi connectivity index (χ0n) is 16.1. The Balaban J connectivity index is 1.55. The second-order valence-electron chi connectivity index (χ2n) is 7.87. The van der Waals surface area contributed by atoms with Gasteiger partial charge >= 0.3 is 0 Å². The fourth-order valence-corrected chi connectivity index (χ4v) is 5.78. The molecule has 2 aromatic rings. The molecule has 1 fully saturated rings. The average molecular weight is 476 g/mol. The predicted octanol–water partition coefficient (Wildman–Crippen LogP) is 3.74. The Hall–Kier alpha value is -1.90. The van der Waals surface area contributed by atoms with Crippen LogP contribution in [0, 0.1) is 0 Å². The van der Waals surface area contributed by atoms with Crippen LogP contribution in [0.5, 0.6) is 5.75 Å². The van der Waals surface area contributed by atoms with Crippen LogP contribution in [-0.2, 0) is 10.0 Å². The number of rotatable bonds is 2. The Morgan fingerprint density at radius 2 is 1.86 bits per heavy atom. The monoisotopic (exact) mass is 475 g/mol. The highest BCUT2D eigenvalue weighted by molar-refractivity contribution is 9.10. The quantitative estimate of drug-likeness (QED) is 0.663. The molecule has 1 atom stereocenters. The highest BCUT2D eigenvalue weighted by atomic mass is 79.9. The maximum Gasteiger partial charge on any atom is 0.211 e. The maximum absolute atomic E-state index is 12.0. The number of hydrogen-bond acceptors (Lipinski definition) is 5. The molecular weight excluding hydrogens is 454 g/mol. The van der Waals surface area contributed by atoms with Crippen molar-refractivity contribution in [1.29, 1.82) is 0 Å². The third-order valence-corrected chi connectivity index (χ3v) is 7.83. The van der Waals surface area contributed by atoms with Crippen LogP contribution in [0.1, 0.15) is 36.4 Å². The van der Waals surface area contributed by atoms with E-state index in [0.29, 0.717) is 25.9 Å². The third kappa shape index (κ3) is 3.27. The van der Waals surface area contributed by atoms with Crippen LogP contribution in [0.3, 0.4) is 0 Å². The van der Waals surface area contributed by atoms with Crippen molar-refractivity contribution in [3.05, 3.63) is 64.1 Å². The molecule has 1 saturated heterocycles. The second-order valence-corrected chi connectivity index (χ2v) is 10.8. The third-order valence-electron chi connectivity index (χ3n) is 6.04. The van der Waals surface area contributed by atoms with E-state index in [-0.39, 0.29) is 6.04 Å². The molecule has 5 rings (SSSR count). The topological polar surface area (TPSA) is 62.2 Å². The van der Waals surface area contributed by atoms with Crippen molar-refractivity contribution in [2.75, 3.05) is 19.3 Å². The van der Waals surface area contributed by atoms with Gasteiger partial charge in [0.2, 0.25) is 15.7 Å². The number of sulfonamides is 1. The number of piperidine rings is 1. The van der Waals surface area contributed by atoms with E-state index in [4.69, 9.17) is 9.84 Å². The Morgan fingerprint density at radius 1 is 1.14 bits per heavy atom. The molecule has 0 radical (unpaired) electrons. The zero-order valence-corrected chi connectivity index (χ0v) is 18.5. The summed E-state index contributed by atoms with van der Waals surface area (Å²) in [4.78, 5) is 0. The molecule has 8 heteroatoms. The van der Waals surface area contributed by atoms with Crippen molar-refractivity contribution in [3.8, 4) is 5.75 Å². The summed E-state index contributed by atoms with van der Waals surface area (Å²) < 4.78 is 33.1. The fourth-order valence-electron chi connectivity index (χ4n) is 4.56. The summed E-state index contributed by atoms with van der Waals surface area (Å²) in [5.74, 6) is 0.867. The number of halogens is 1. The minimum absolute atomic E-state index is 0.0799. The van der Waals surface area contributed by atoms with Gasteiger partial charge in [0, 0.05) is 42.4 Å². The van der Waals surface area contributed by atoms with Gasteiger partial charge in [-0.2, -0.15) is 5.10 Å². The van der Waals surface area contributed by atoms with Gasteiger partial charge in [-0.15, -0.1) is 0 Å². The molecule has 29 heavy (non-hydrogen) atoms. The predicted molar refractivity (Wildman–Crippen MR) is 115 cm³/mol. The van der Waals surface area contributed by atoms with E-state index in [1.54, 1.807) is 0 Å². The maximum atomic E-state index is 12.0. The van der Waals surface area contributed by atoms with Gasteiger partial charge in [-0.05, 0) is 23.8 Å². The van der Waals surface area contributed by atoms with Crippen LogP contribution < -0.4 is 4.74 Å². The Bertz CT molecular complexity index is 1080. The molecule has 0 amide bonds. The van der Waals surface area contributed by atoms with Gasteiger partial charge in [-0.25, -0.2) is 17.7 Å². The summed E-state index contributed by atoms with van der Waals surface area (Å²) in [6, 6.07) is 16.4. The number of nitrogens with zero attached hydrogens (tertiary/aromatic N) is 3. The van der Waals surface area contributed by atoms with Crippen LogP contribution in [0.15, 0.2) is 58.1 Å². The molecule has 0 unspecified atom stereocenters. The van der Waals surface area contributed by atoms with E-state index in [2.05, 4.69) is 39.1 Å². The number of hydrogen-bond donors (Lipinski definition) is 0. The van der Waals surface area contributed by atoms with Gasteiger partial charge in [0.1, 0.15) is 5.75 Å². The summed E-state index contributed by atoms with van der Waals surface area (Å²) in [5, 5.41) is 7.12. The fraction of sp³-hybridized carbons (Fsp3) is 0.381. The van der Waals surface area contributed by atoms with Gasteiger partial charge in [0.15, 0.2) is 0 Å². The highest BCUT2D eigenvalue weighted by Gasteiger charge is 2.52. The number of fused-ring (bicyclic) bond motifs is 4. The molecule has 0 saturated carbocycles. The van der Waals surface area contributed by atoms with Gasteiger partial charge < -0.3 is 4.74 Å². The van der Waals surface area contributed by atoms with Gasteiger partial charge in [-0.1, -0.05) is 46.3 Å². The van der Waals surface area contributed by atoms with Crippen LogP contribution >= 0.6 is 15.9 Å². The smallest absolute Gasteiger partial charge is 0.211 e. The summed E-state index contributed by atoms with van der Waals surface area (Å²) in [6.45, 7) is 0.869. The standard InChI is InChI=1S/C21H22BrN3O3S/c1-29(26,27)24-11-9-21(10-12-24)25-19(17-13-16(22)7-8-20(17)28-21)14-18(23-25)15-5-3-2-4-6-15/h2-8,13,19H,9-12,14H2,1H3/t19-/m1/s1. The molecule has 2 aromatic carbocycles. The van der Waals surface area contributed by atoms with Crippen molar-refractivity contribution < 1.29 is 13.2 Å². The molecule has 1 spiro atoms. The van der Waals surface area contributed by atoms with E-state index < -0.39 is 15.7 Å². The molecule has 3 aliphatic heterocycles. The largest absolute Gasteiger partial charge is 0.466 e. The first-order valence-electron chi connectivity index (χ1n) is 9.72. The first-order valence-corrected chi connectivity index (χ1v) is 12.4. The molecular formula is C21H22BrN3O3S. The summed E-state index contributed by atoms with van der Waals surface area (Å²) in [7, 11) is -3.21. The first-order chi connectivity index (χ1) is 13.9. The lowest BCUT2D eigenvalue weighted by atomic mass is 9.91. The Kier molecular flexibility index (Phi) is 4.49. The second kappa shape index (κ2) is 6.82. The van der Waals surface area contributed by atoms with E-state index in [9.17, 15) is 8.42 Å². The molecule has 0 aliphatic carbocycles. The normalized spacial score (nSPS) is 23.3. The molecule has 0 N–H and O–H groups in total. The SMILES string of the molecule is CS(=O)(=O)N1CCC2(CC1)Oc1ccc(Br)cc1[C@H]1CC(c3ccccc3)=NN12. The number of ether oxygens (including phenoxy) is 1. The van der Waals surface area contributed by atoms with E-state index in [0.717, 1.165) is 33.5 Å². The first kappa shape index (κ1) is 19.1. The Morgan fingerprint density at radius 3 is 2.55 bits per heavy atom.